The van der Waals surface area contributed by atoms with Gasteiger partial charge in [0, 0.05) is 11.8 Å². The zero-order chi connectivity index (χ0) is 8.97. The lowest BCUT2D eigenvalue weighted by Crippen LogP contribution is -1.97. The maximum atomic E-state index is 8.59. The molecule has 4 nitrogen and oxygen atoms in total. The summed E-state index contributed by atoms with van der Waals surface area (Å²) in [6.45, 7) is 1.76. The van der Waals surface area contributed by atoms with E-state index >= 15 is 0 Å². The quantitative estimate of drug-likeness (QED) is 0.603. The van der Waals surface area contributed by atoms with Crippen LogP contribution < -0.4 is 0 Å². The van der Waals surface area contributed by atoms with Crippen LogP contribution in [0.3, 0.4) is 0 Å². The smallest absolute Gasteiger partial charge is 0.147 e. The minimum atomic E-state index is 0.148. The fourth-order valence-electron chi connectivity index (χ4n) is 0.748. The zero-order valence-corrected chi connectivity index (χ0v) is 6.57. The molecule has 0 saturated heterocycles. The predicted molar refractivity (Wildman–Crippen MR) is 40.8 cm³/mol. The molecular weight excluding hydrogens is 152 g/mol. The van der Waals surface area contributed by atoms with Crippen molar-refractivity contribution in [3.63, 3.8) is 0 Å². The molecule has 0 radical (unpaired) electrons. The average Bonchev–Trinajstić information content (AvgIpc) is 2.09. The lowest BCUT2D eigenvalue weighted by Gasteiger charge is -1.96. The molecule has 4 heteroatoms. The van der Waals surface area contributed by atoms with Gasteiger partial charge >= 0.3 is 0 Å². The van der Waals surface area contributed by atoms with Crippen LogP contribution in [-0.2, 0) is 6.42 Å². The highest BCUT2D eigenvalue weighted by atomic mass is 14.9. The summed E-state index contributed by atoms with van der Waals surface area (Å²) in [6.07, 6.45) is 1.70. The van der Waals surface area contributed by atoms with Gasteiger partial charge in [0.05, 0.1) is 12.5 Å². The van der Waals surface area contributed by atoms with Crippen LogP contribution >= 0.6 is 0 Å². The summed E-state index contributed by atoms with van der Waals surface area (Å²) in [7, 11) is 0. The molecule has 1 aromatic rings. The van der Waals surface area contributed by atoms with Crippen LogP contribution in [0.15, 0.2) is 6.20 Å². The van der Waals surface area contributed by atoms with Gasteiger partial charge in [0.25, 0.3) is 0 Å². The third-order valence-corrected chi connectivity index (χ3v) is 1.36. The maximum absolute atomic E-state index is 8.59. The zero-order valence-electron chi connectivity index (χ0n) is 6.57. The number of hydrogen-bond donors (Lipinski definition) is 0. The fourth-order valence-corrected chi connectivity index (χ4v) is 0.748. The summed E-state index contributed by atoms with van der Waals surface area (Å²) in [5.41, 5.74) is 1.08. The molecule has 0 fully saturated rings. The molecule has 0 unspecified atom stereocenters. The molecule has 1 aromatic heterocycles. The molecule has 58 valence electrons. The molecule has 0 saturated carbocycles. The molecule has 0 amide bonds. The van der Waals surface area contributed by atoms with Gasteiger partial charge in [0.15, 0.2) is 0 Å². The van der Waals surface area contributed by atoms with Crippen molar-refractivity contribution in [2.75, 3.05) is 0 Å². The van der Waals surface area contributed by atoms with Crippen LogP contribution in [0.25, 0.3) is 0 Å². The van der Waals surface area contributed by atoms with Crippen molar-refractivity contribution < 1.29 is 0 Å². The number of aryl methyl sites for hydroxylation is 1. The third kappa shape index (κ3) is 1.56. The Morgan fingerprint density at radius 1 is 1.50 bits per heavy atom. The first kappa shape index (κ1) is 8.16. The Labute approximate surface area is 70.1 Å². The monoisotopic (exact) mass is 158 g/mol. The Bertz CT molecular complexity index is 370. The average molecular weight is 158 g/mol. The number of aromatic nitrogens is 2. The maximum Gasteiger partial charge on any atom is 0.147 e. The van der Waals surface area contributed by atoms with E-state index in [1.807, 2.05) is 12.1 Å². The first-order valence-corrected chi connectivity index (χ1v) is 3.37. The van der Waals surface area contributed by atoms with Gasteiger partial charge in [-0.1, -0.05) is 0 Å². The molecule has 0 N–H and O–H groups in total. The van der Waals surface area contributed by atoms with Crippen molar-refractivity contribution in [2.45, 2.75) is 13.3 Å². The van der Waals surface area contributed by atoms with Gasteiger partial charge in [0.1, 0.15) is 17.6 Å². The third-order valence-electron chi connectivity index (χ3n) is 1.36. The molecule has 0 aromatic carbocycles. The van der Waals surface area contributed by atoms with Crippen LogP contribution in [0.1, 0.15) is 17.1 Å². The second-order valence-electron chi connectivity index (χ2n) is 2.26. The van der Waals surface area contributed by atoms with E-state index in [9.17, 15) is 0 Å². The molecule has 0 atom stereocenters. The molecule has 0 aliphatic heterocycles. The summed E-state index contributed by atoms with van der Waals surface area (Å²) >= 11 is 0. The van der Waals surface area contributed by atoms with Gasteiger partial charge in [-0.15, -0.1) is 0 Å². The highest BCUT2D eigenvalue weighted by molar-refractivity contribution is 5.28. The van der Waals surface area contributed by atoms with Gasteiger partial charge in [-0.25, -0.2) is 9.97 Å². The van der Waals surface area contributed by atoms with E-state index in [1.165, 1.54) is 0 Å². The van der Waals surface area contributed by atoms with Crippen molar-refractivity contribution in [3.8, 4) is 12.1 Å². The van der Waals surface area contributed by atoms with Gasteiger partial charge in [-0.05, 0) is 6.92 Å². The molecule has 1 rings (SSSR count). The first-order chi connectivity index (χ1) is 5.77. The lowest BCUT2D eigenvalue weighted by atomic mass is 10.2. The van der Waals surface area contributed by atoms with E-state index in [1.54, 1.807) is 13.1 Å². The summed E-state index contributed by atoms with van der Waals surface area (Å²) in [4.78, 5) is 7.78. The normalized spacial score (nSPS) is 8.58. The van der Waals surface area contributed by atoms with Crippen LogP contribution in [-0.4, -0.2) is 9.97 Å². The van der Waals surface area contributed by atoms with Gasteiger partial charge in [-0.3, -0.25) is 0 Å². The molecule has 0 spiro atoms. The van der Waals surface area contributed by atoms with E-state index in [0.717, 1.165) is 5.56 Å². The molecule has 0 aliphatic carbocycles. The topological polar surface area (TPSA) is 73.4 Å². The van der Waals surface area contributed by atoms with Crippen molar-refractivity contribution in [3.05, 3.63) is 23.3 Å². The summed E-state index contributed by atoms with van der Waals surface area (Å²) in [6, 6.07) is 3.85. The van der Waals surface area contributed by atoms with Crippen LogP contribution in [0, 0.1) is 29.6 Å². The molecule has 0 bridgehead atoms. The van der Waals surface area contributed by atoms with Crippen LogP contribution in [0.2, 0.25) is 0 Å². The molecule has 0 aliphatic rings. The van der Waals surface area contributed by atoms with E-state index in [4.69, 9.17) is 10.5 Å². The SMILES string of the molecule is Cc1cnc(CC#N)nc1C#N. The van der Waals surface area contributed by atoms with Crippen molar-refractivity contribution >= 4 is 0 Å². The highest BCUT2D eigenvalue weighted by Crippen LogP contribution is 2.01. The van der Waals surface area contributed by atoms with Crippen molar-refractivity contribution in [1.82, 2.24) is 9.97 Å². The fraction of sp³-hybridized carbons (Fsp3) is 0.250. The number of rotatable bonds is 1. The van der Waals surface area contributed by atoms with E-state index in [-0.39, 0.29) is 6.42 Å². The van der Waals surface area contributed by atoms with Crippen molar-refractivity contribution in [2.24, 2.45) is 0 Å². The second kappa shape index (κ2) is 3.45. The Morgan fingerprint density at radius 3 is 2.83 bits per heavy atom. The van der Waals surface area contributed by atoms with Crippen LogP contribution in [0.4, 0.5) is 0 Å². The first-order valence-electron chi connectivity index (χ1n) is 3.37. The molecule has 1 heterocycles. The number of nitrogens with zero attached hydrogens (tertiary/aromatic N) is 4. The van der Waals surface area contributed by atoms with E-state index in [2.05, 4.69) is 9.97 Å². The van der Waals surface area contributed by atoms with Crippen LogP contribution in [0.5, 0.6) is 0 Å². The summed E-state index contributed by atoms with van der Waals surface area (Å²) in [5.74, 6) is 0.402. The Kier molecular flexibility index (Phi) is 2.35. The summed E-state index contributed by atoms with van der Waals surface area (Å²) < 4.78 is 0. The standard InChI is InChI=1S/C8H6N4/c1-6-5-11-8(2-3-9)12-7(6)4-10/h5H,2H2,1H3. The Balaban J connectivity index is 3.09. The minimum absolute atomic E-state index is 0.148. The highest BCUT2D eigenvalue weighted by Gasteiger charge is 2.01. The minimum Gasteiger partial charge on any atom is -0.240 e. The van der Waals surface area contributed by atoms with Gasteiger partial charge in [0.2, 0.25) is 0 Å². The largest absolute Gasteiger partial charge is 0.240 e. The Hall–Kier alpha value is -1.94. The lowest BCUT2D eigenvalue weighted by molar-refractivity contribution is 0.965. The van der Waals surface area contributed by atoms with Gasteiger partial charge < -0.3 is 0 Å². The number of hydrogen-bond acceptors (Lipinski definition) is 4. The second-order valence-corrected chi connectivity index (χ2v) is 2.26. The molecular formula is C8H6N4. The van der Waals surface area contributed by atoms with E-state index < -0.39 is 0 Å². The predicted octanol–water partition coefficient (Wildman–Crippen LogP) is 0.723. The van der Waals surface area contributed by atoms with Gasteiger partial charge in [-0.2, -0.15) is 10.5 Å². The van der Waals surface area contributed by atoms with E-state index in [0.29, 0.717) is 11.5 Å². The number of nitriles is 2. The summed E-state index contributed by atoms with van der Waals surface area (Å²) in [5, 5.41) is 16.9. The Morgan fingerprint density at radius 2 is 2.25 bits per heavy atom. The molecule has 12 heavy (non-hydrogen) atoms. The van der Waals surface area contributed by atoms with Crippen molar-refractivity contribution in [1.29, 1.82) is 10.5 Å².